The summed E-state index contributed by atoms with van der Waals surface area (Å²) in [5.74, 6) is 5.66. The maximum absolute atomic E-state index is 5.66. The second kappa shape index (κ2) is 6.53. The molecule has 0 aliphatic rings. The van der Waals surface area contributed by atoms with Crippen LogP contribution in [0.15, 0.2) is 42.5 Å². The predicted molar refractivity (Wildman–Crippen MR) is 78.3 cm³/mol. The fourth-order valence-electron chi connectivity index (χ4n) is 2.43. The van der Waals surface area contributed by atoms with Gasteiger partial charge in [0.25, 0.3) is 0 Å². The first-order valence-electron chi connectivity index (χ1n) is 6.78. The highest BCUT2D eigenvalue weighted by atomic mass is 15.2. The third kappa shape index (κ3) is 3.09. The first-order chi connectivity index (χ1) is 8.85. The van der Waals surface area contributed by atoms with Crippen molar-refractivity contribution >= 4 is 10.8 Å². The van der Waals surface area contributed by atoms with Gasteiger partial charge in [0.1, 0.15) is 0 Å². The Balaban J connectivity index is 2.19. The number of unbranched alkanes of at least 4 members (excludes halogenated alkanes) is 1. The van der Waals surface area contributed by atoms with Gasteiger partial charge in [0.05, 0.1) is 0 Å². The topological polar surface area (TPSA) is 38.0 Å². The van der Waals surface area contributed by atoms with Gasteiger partial charge in [0.2, 0.25) is 0 Å². The van der Waals surface area contributed by atoms with Crippen molar-refractivity contribution in [2.75, 3.05) is 0 Å². The molecule has 0 fully saturated rings. The van der Waals surface area contributed by atoms with Crippen LogP contribution in [-0.2, 0) is 6.42 Å². The molecule has 3 N–H and O–H groups in total. The normalized spacial score (nSPS) is 12.8. The van der Waals surface area contributed by atoms with E-state index in [0.717, 1.165) is 12.8 Å². The van der Waals surface area contributed by atoms with Gasteiger partial charge in [-0.1, -0.05) is 62.2 Å². The van der Waals surface area contributed by atoms with Crippen LogP contribution in [0.1, 0.15) is 31.7 Å². The van der Waals surface area contributed by atoms with E-state index in [2.05, 4.69) is 54.8 Å². The highest BCUT2D eigenvalue weighted by Gasteiger charge is 2.09. The zero-order chi connectivity index (χ0) is 12.8. The van der Waals surface area contributed by atoms with Gasteiger partial charge in [-0.05, 0) is 29.2 Å². The molecule has 2 aromatic rings. The third-order valence-corrected chi connectivity index (χ3v) is 3.49. The number of fused-ring (bicyclic) bond motifs is 1. The molecule has 2 aromatic carbocycles. The Kier molecular flexibility index (Phi) is 4.73. The molecule has 0 bridgehead atoms. The van der Waals surface area contributed by atoms with Crippen molar-refractivity contribution in [2.45, 2.75) is 38.6 Å². The highest BCUT2D eigenvalue weighted by Crippen LogP contribution is 2.20. The van der Waals surface area contributed by atoms with Crippen molar-refractivity contribution in [1.29, 1.82) is 0 Å². The summed E-state index contributed by atoms with van der Waals surface area (Å²) in [6, 6.07) is 15.4. The average molecular weight is 242 g/mol. The molecule has 18 heavy (non-hydrogen) atoms. The molecule has 0 aliphatic carbocycles. The largest absolute Gasteiger partial charge is 0.271 e. The second-order valence-electron chi connectivity index (χ2n) is 4.85. The first kappa shape index (κ1) is 13.1. The number of rotatable bonds is 6. The summed E-state index contributed by atoms with van der Waals surface area (Å²) in [5.41, 5.74) is 4.33. The van der Waals surface area contributed by atoms with E-state index in [-0.39, 0.29) is 0 Å². The predicted octanol–water partition coefficient (Wildman–Crippen LogP) is 3.40. The van der Waals surface area contributed by atoms with Crippen molar-refractivity contribution in [3.8, 4) is 0 Å². The van der Waals surface area contributed by atoms with E-state index in [1.807, 2.05) is 0 Å². The highest BCUT2D eigenvalue weighted by molar-refractivity contribution is 5.85. The van der Waals surface area contributed by atoms with E-state index in [1.165, 1.54) is 29.2 Å². The monoisotopic (exact) mass is 242 g/mol. The summed E-state index contributed by atoms with van der Waals surface area (Å²) >= 11 is 0. The van der Waals surface area contributed by atoms with Crippen LogP contribution >= 0.6 is 0 Å². The Morgan fingerprint density at radius 1 is 1.11 bits per heavy atom. The number of benzene rings is 2. The Bertz CT molecular complexity index is 488. The summed E-state index contributed by atoms with van der Waals surface area (Å²) in [4.78, 5) is 0. The molecule has 0 aliphatic heterocycles. The first-order valence-corrected chi connectivity index (χ1v) is 6.78. The molecule has 0 spiro atoms. The molecule has 0 heterocycles. The smallest absolute Gasteiger partial charge is 0.0251 e. The van der Waals surface area contributed by atoms with E-state index in [9.17, 15) is 0 Å². The Morgan fingerprint density at radius 3 is 2.67 bits per heavy atom. The van der Waals surface area contributed by atoms with Gasteiger partial charge < -0.3 is 0 Å². The van der Waals surface area contributed by atoms with Gasteiger partial charge in [-0.2, -0.15) is 0 Å². The molecular weight excluding hydrogens is 220 g/mol. The summed E-state index contributed by atoms with van der Waals surface area (Å²) in [6.45, 7) is 2.21. The molecule has 1 atom stereocenters. The van der Waals surface area contributed by atoms with Crippen LogP contribution in [0.25, 0.3) is 10.8 Å². The molecule has 1 unspecified atom stereocenters. The summed E-state index contributed by atoms with van der Waals surface area (Å²) in [6.07, 6.45) is 4.57. The van der Waals surface area contributed by atoms with Crippen LogP contribution < -0.4 is 11.3 Å². The van der Waals surface area contributed by atoms with Crippen molar-refractivity contribution in [3.05, 3.63) is 48.0 Å². The zero-order valence-electron chi connectivity index (χ0n) is 11.0. The molecule has 0 aromatic heterocycles. The molecule has 0 saturated carbocycles. The molecule has 0 radical (unpaired) electrons. The molecule has 0 saturated heterocycles. The van der Waals surface area contributed by atoms with Gasteiger partial charge in [-0.25, -0.2) is 0 Å². The summed E-state index contributed by atoms with van der Waals surface area (Å²) < 4.78 is 0. The maximum Gasteiger partial charge on any atom is 0.0251 e. The van der Waals surface area contributed by atoms with Crippen LogP contribution in [0.2, 0.25) is 0 Å². The molecule has 96 valence electrons. The SMILES string of the molecule is CCCCC(Cc1cccc2ccccc12)NN. The molecule has 2 nitrogen and oxygen atoms in total. The van der Waals surface area contributed by atoms with E-state index < -0.39 is 0 Å². The molecule has 2 rings (SSSR count). The lowest BCUT2D eigenvalue weighted by Gasteiger charge is -2.16. The fraction of sp³-hybridized carbons (Fsp3) is 0.375. The standard InChI is InChI=1S/C16H22N2/c1-2-3-10-15(18-17)12-14-9-6-8-13-7-4-5-11-16(13)14/h4-9,11,15,18H,2-3,10,12,17H2,1H3. The minimum atomic E-state index is 0.371. The Morgan fingerprint density at radius 2 is 1.89 bits per heavy atom. The number of nitrogens with two attached hydrogens (primary N) is 1. The van der Waals surface area contributed by atoms with E-state index in [1.54, 1.807) is 0 Å². The van der Waals surface area contributed by atoms with Crippen molar-refractivity contribution in [1.82, 2.24) is 5.43 Å². The fourth-order valence-corrected chi connectivity index (χ4v) is 2.43. The van der Waals surface area contributed by atoms with E-state index in [0.29, 0.717) is 6.04 Å². The lowest BCUT2D eigenvalue weighted by atomic mass is 9.97. The van der Waals surface area contributed by atoms with Gasteiger partial charge in [0, 0.05) is 6.04 Å². The Labute approximate surface area is 109 Å². The van der Waals surface area contributed by atoms with Crippen LogP contribution in [0, 0.1) is 0 Å². The molecule has 0 amide bonds. The number of hydrogen-bond donors (Lipinski definition) is 2. The van der Waals surface area contributed by atoms with Crippen molar-refractivity contribution < 1.29 is 0 Å². The van der Waals surface area contributed by atoms with Gasteiger partial charge in [0.15, 0.2) is 0 Å². The number of hydrazine groups is 1. The average Bonchev–Trinajstić information content (AvgIpc) is 2.43. The van der Waals surface area contributed by atoms with Crippen molar-refractivity contribution in [3.63, 3.8) is 0 Å². The van der Waals surface area contributed by atoms with E-state index in [4.69, 9.17) is 5.84 Å². The minimum absolute atomic E-state index is 0.371. The van der Waals surface area contributed by atoms with Crippen LogP contribution in [0.3, 0.4) is 0 Å². The molecular formula is C16H22N2. The van der Waals surface area contributed by atoms with E-state index >= 15 is 0 Å². The maximum atomic E-state index is 5.66. The van der Waals surface area contributed by atoms with Gasteiger partial charge >= 0.3 is 0 Å². The quantitative estimate of drug-likeness (QED) is 0.602. The Hall–Kier alpha value is -1.38. The molecule has 2 heteroatoms. The summed E-state index contributed by atoms with van der Waals surface area (Å²) in [7, 11) is 0. The number of hydrogen-bond acceptors (Lipinski definition) is 2. The van der Waals surface area contributed by atoms with Crippen LogP contribution in [0.4, 0.5) is 0 Å². The zero-order valence-corrected chi connectivity index (χ0v) is 11.0. The van der Waals surface area contributed by atoms with Gasteiger partial charge in [-0.15, -0.1) is 0 Å². The minimum Gasteiger partial charge on any atom is -0.271 e. The van der Waals surface area contributed by atoms with Crippen molar-refractivity contribution in [2.24, 2.45) is 5.84 Å². The lowest BCUT2D eigenvalue weighted by molar-refractivity contribution is 0.474. The second-order valence-corrected chi connectivity index (χ2v) is 4.85. The van der Waals surface area contributed by atoms with Gasteiger partial charge in [-0.3, -0.25) is 11.3 Å². The third-order valence-electron chi connectivity index (χ3n) is 3.49. The lowest BCUT2D eigenvalue weighted by Crippen LogP contribution is -2.36. The van der Waals surface area contributed by atoms with Crippen LogP contribution in [0.5, 0.6) is 0 Å². The van der Waals surface area contributed by atoms with Crippen LogP contribution in [-0.4, -0.2) is 6.04 Å². The summed E-state index contributed by atoms with van der Waals surface area (Å²) in [5, 5.41) is 2.65. The number of nitrogens with one attached hydrogen (secondary N) is 1.